The van der Waals surface area contributed by atoms with E-state index in [9.17, 15) is 9.59 Å². The smallest absolute Gasteiger partial charge is 0.246 e. The van der Waals surface area contributed by atoms with Crippen LogP contribution in [0.3, 0.4) is 0 Å². The number of nitrogens with one attached hydrogen (secondary N) is 1. The zero-order valence-corrected chi connectivity index (χ0v) is 19.6. The molecule has 0 unspecified atom stereocenters. The van der Waals surface area contributed by atoms with Gasteiger partial charge in [-0.05, 0) is 53.2 Å². The number of fused-ring (bicyclic) bond motifs is 4. The summed E-state index contributed by atoms with van der Waals surface area (Å²) in [5.41, 5.74) is 2.86. The summed E-state index contributed by atoms with van der Waals surface area (Å²) in [6.07, 6.45) is 2.39. The van der Waals surface area contributed by atoms with Gasteiger partial charge in [-0.25, -0.2) is 0 Å². The molecule has 0 spiro atoms. The van der Waals surface area contributed by atoms with E-state index in [0.29, 0.717) is 6.42 Å². The summed E-state index contributed by atoms with van der Waals surface area (Å²) < 4.78 is 0. The number of piperazine rings is 1. The first-order valence-corrected chi connectivity index (χ1v) is 11.5. The first-order valence-electron chi connectivity index (χ1n) is 11.5. The number of hydrogen-bond donors (Lipinski definition) is 2. The largest absolute Gasteiger partial charge is 0.356 e. The van der Waals surface area contributed by atoms with Crippen LogP contribution < -0.4 is 5.32 Å². The highest BCUT2D eigenvalue weighted by molar-refractivity contribution is 5.97. The average Bonchev–Trinajstić information content (AvgIpc) is 3.01. The third kappa shape index (κ3) is 3.10. The topological polar surface area (TPSA) is 73.0 Å². The molecule has 31 heavy (non-hydrogen) atoms. The summed E-state index contributed by atoms with van der Waals surface area (Å²) >= 11 is 0. The predicted octanol–water partition coefficient (Wildman–Crippen LogP) is 2.28. The maximum absolute atomic E-state index is 13.9. The van der Waals surface area contributed by atoms with Crippen LogP contribution in [-0.2, 0) is 21.5 Å². The highest BCUT2D eigenvalue weighted by atomic mass is 16.2. The molecule has 2 saturated heterocycles. The van der Waals surface area contributed by atoms with Crippen LogP contribution in [0.2, 0.25) is 0 Å². The number of carbonyl (C=O) groups is 2. The van der Waals surface area contributed by atoms with Gasteiger partial charge in [0.1, 0.15) is 12.6 Å². The third-order valence-corrected chi connectivity index (χ3v) is 7.62. The Bertz CT molecular complexity index is 1060. The number of carbonyl (C=O) groups excluding carboxylic acids is 2. The van der Waals surface area contributed by atoms with E-state index in [1.165, 1.54) is 5.56 Å². The van der Waals surface area contributed by atoms with Gasteiger partial charge >= 0.3 is 0 Å². The molecule has 6 heteroatoms. The van der Waals surface area contributed by atoms with Gasteiger partial charge in [-0.3, -0.25) is 9.59 Å². The molecule has 2 fully saturated rings. The second-order valence-electron chi connectivity index (χ2n) is 11.7. The van der Waals surface area contributed by atoms with Crippen molar-refractivity contribution in [2.24, 2.45) is 0 Å². The van der Waals surface area contributed by atoms with Gasteiger partial charge in [0.25, 0.3) is 0 Å². The molecule has 0 saturated carbocycles. The van der Waals surface area contributed by atoms with Gasteiger partial charge in [-0.2, -0.15) is 0 Å². The van der Waals surface area contributed by atoms with E-state index in [-0.39, 0.29) is 35.5 Å². The number of benzene rings is 1. The number of para-hydroxylation sites is 1. The number of nitrogens with two attached hydrogens (primary N) is 1. The normalized spacial score (nSPS) is 27.4. The molecule has 3 N–H and O–H groups in total. The summed E-state index contributed by atoms with van der Waals surface area (Å²) in [6, 6.07) is 7.92. The van der Waals surface area contributed by atoms with Crippen LogP contribution in [0.4, 0.5) is 0 Å². The van der Waals surface area contributed by atoms with Crippen LogP contribution in [0.25, 0.3) is 10.9 Å². The fourth-order valence-corrected chi connectivity index (χ4v) is 6.90. The van der Waals surface area contributed by atoms with E-state index in [1.54, 1.807) is 0 Å². The molecule has 0 aliphatic carbocycles. The van der Waals surface area contributed by atoms with E-state index < -0.39 is 11.6 Å². The lowest BCUT2D eigenvalue weighted by atomic mass is 9.77. The summed E-state index contributed by atoms with van der Waals surface area (Å²) in [5.74, 6) is 0.172. The fraction of sp³-hybridized carbons (Fsp3) is 0.600. The van der Waals surface area contributed by atoms with Crippen molar-refractivity contribution in [1.29, 1.82) is 0 Å². The van der Waals surface area contributed by atoms with E-state index >= 15 is 0 Å². The molecular formula is C25H35N4O2+. The molecule has 3 aliphatic heterocycles. The summed E-state index contributed by atoms with van der Waals surface area (Å²) in [6.45, 7) is 13.3. The molecule has 166 valence electrons. The van der Waals surface area contributed by atoms with Gasteiger partial charge in [0, 0.05) is 41.9 Å². The van der Waals surface area contributed by atoms with Gasteiger partial charge in [-0.15, -0.1) is 0 Å². The lowest BCUT2D eigenvalue weighted by Gasteiger charge is -2.54. The Kier molecular flexibility index (Phi) is 4.21. The van der Waals surface area contributed by atoms with Crippen LogP contribution in [0, 0.1) is 0 Å². The molecule has 2 amide bonds. The Morgan fingerprint density at radius 2 is 1.65 bits per heavy atom. The second-order valence-corrected chi connectivity index (χ2v) is 11.7. The zero-order chi connectivity index (χ0) is 22.3. The number of piperidine rings is 1. The maximum Gasteiger partial charge on any atom is 0.246 e. The van der Waals surface area contributed by atoms with Crippen molar-refractivity contribution in [3.8, 4) is 0 Å². The standard InChI is InChI=1S/C25H34N4O2/c1-23(2)12-15(13-24(3,4)27-23)28-14-20(30)29-19(22(28)31)11-17-16-9-7-8-10-18(16)26-21(17)25(29,5)6/h7-10,15,19,26-27H,11-14H2,1-6H3/p+1/t19-/m0/s1. The van der Waals surface area contributed by atoms with Crippen LogP contribution in [-0.4, -0.2) is 56.3 Å². The van der Waals surface area contributed by atoms with E-state index in [0.717, 1.165) is 29.4 Å². The first-order chi connectivity index (χ1) is 14.4. The molecule has 3 aliphatic rings. The van der Waals surface area contributed by atoms with E-state index in [1.807, 2.05) is 21.9 Å². The van der Waals surface area contributed by atoms with Crippen molar-refractivity contribution < 1.29 is 14.9 Å². The Balaban J connectivity index is 1.54. The van der Waals surface area contributed by atoms with Crippen molar-refractivity contribution in [3.63, 3.8) is 0 Å². The van der Waals surface area contributed by atoms with Gasteiger partial charge in [0.05, 0.1) is 16.6 Å². The van der Waals surface area contributed by atoms with Gasteiger partial charge in [0.2, 0.25) is 11.8 Å². The minimum absolute atomic E-state index is 0.0444. The molecule has 0 bridgehead atoms. The van der Waals surface area contributed by atoms with Gasteiger partial charge < -0.3 is 20.1 Å². The number of H-pyrrole nitrogens is 1. The molecule has 0 radical (unpaired) electrons. The lowest BCUT2D eigenvalue weighted by molar-refractivity contribution is -0.788. The number of hydrogen-bond acceptors (Lipinski definition) is 2. The van der Waals surface area contributed by atoms with E-state index in [2.05, 4.69) is 64.0 Å². The van der Waals surface area contributed by atoms with Gasteiger partial charge in [0.15, 0.2) is 0 Å². The van der Waals surface area contributed by atoms with Crippen molar-refractivity contribution >= 4 is 22.7 Å². The van der Waals surface area contributed by atoms with Crippen molar-refractivity contribution in [2.75, 3.05) is 6.54 Å². The highest BCUT2D eigenvalue weighted by Crippen LogP contribution is 2.43. The maximum atomic E-state index is 13.9. The van der Waals surface area contributed by atoms with Gasteiger partial charge in [-0.1, -0.05) is 18.2 Å². The van der Waals surface area contributed by atoms with Crippen LogP contribution in [0.15, 0.2) is 24.3 Å². The van der Waals surface area contributed by atoms with E-state index in [4.69, 9.17) is 0 Å². The molecule has 1 aromatic heterocycles. The monoisotopic (exact) mass is 423 g/mol. The Hall–Kier alpha value is -2.34. The minimum atomic E-state index is -0.547. The highest BCUT2D eigenvalue weighted by Gasteiger charge is 2.54. The Morgan fingerprint density at radius 1 is 1.00 bits per heavy atom. The number of nitrogens with zero attached hydrogens (tertiary/aromatic N) is 2. The minimum Gasteiger partial charge on any atom is -0.356 e. The molecule has 6 nitrogen and oxygen atoms in total. The molecule has 5 rings (SSSR count). The third-order valence-electron chi connectivity index (χ3n) is 7.62. The second kappa shape index (κ2) is 6.35. The quantitative estimate of drug-likeness (QED) is 0.739. The summed E-state index contributed by atoms with van der Waals surface area (Å²) in [7, 11) is 0. The van der Waals surface area contributed by atoms with Crippen molar-refractivity contribution in [1.82, 2.24) is 14.8 Å². The molecular weight excluding hydrogens is 388 g/mol. The molecule has 1 atom stereocenters. The van der Waals surface area contributed by atoms with Crippen LogP contribution in [0.1, 0.15) is 65.6 Å². The summed E-state index contributed by atoms with van der Waals surface area (Å²) in [5, 5.41) is 3.58. The molecule has 4 heterocycles. The lowest BCUT2D eigenvalue weighted by Crippen LogP contribution is -3.06. The first kappa shape index (κ1) is 20.6. The summed E-state index contributed by atoms with van der Waals surface area (Å²) in [4.78, 5) is 34.7. The van der Waals surface area contributed by atoms with Crippen LogP contribution in [0.5, 0.6) is 0 Å². The average molecular weight is 424 g/mol. The van der Waals surface area contributed by atoms with Crippen LogP contribution >= 0.6 is 0 Å². The number of aromatic amines is 1. The Labute approximate surface area is 184 Å². The SMILES string of the molecule is CC1(C)CC(N2CC(=O)N3[C@@H](Cc4c([nH]c5ccccc45)C3(C)C)C2=O)CC(C)(C)[NH2+]1. The molecule has 1 aromatic carbocycles. The zero-order valence-electron chi connectivity index (χ0n) is 19.6. The predicted molar refractivity (Wildman–Crippen MR) is 120 cm³/mol. The number of rotatable bonds is 1. The van der Waals surface area contributed by atoms with Crippen molar-refractivity contribution in [2.45, 2.75) is 89.5 Å². The fourth-order valence-electron chi connectivity index (χ4n) is 6.90. The number of quaternary nitrogens is 1. The Morgan fingerprint density at radius 3 is 2.32 bits per heavy atom. The van der Waals surface area contributed by atoms with Crippen molar-refractivity contribution in [3.05, 3.63) is 35.5 Å². The molecule has 2 aromatic rings. The number of amides is 2. The number of aromatic nitrogens is 1.